The molecule has 4 aromatic carbocycles. The van der Waals surface area contributed by atoms with Crippen molar-refractivity contribution < 1.29 is 19.4 Å². The van der Waals surface area contributed by atoms with Gasteiger partial charge in [-0.05, 0) is 53.1 Å². The average molecular weight is 521 g/mol. The van der Waals surface area contributed by atoms with Crippen LogP contribution in [0.2, 0.25) is 0 Å². The zero-order chi connectivity index (χ0) is 28.9. The van der Waals surface area contributed by atoms with E-state index in [0.29, 0.717) is 0 Å². The third kappa shape index (κ3) is 8.70. The highest BCUT2D eigenvalue weighted by Gasteiger charge is 2.24. The molecule has 0 aromatic heterocycles. The van der Waals surface area contributed by atoms with Crippen LogP contribution in [0.5, 0.6) is 11.5 Å². The molecule has 4 heteroatoms. The highest BCUT2D eigenvalue weighted by molar-refractivity contribution is 5.78. The van der Waals surface area contributed by atoms with Crippen molar-refractivity contribution in [3.05, 3.63) is 151 Å². The molecule has 0 bridgehead atoms. The Kier molecular flexibility index (Phi) is 11.2. The fraction of sp³-hybridized carbons (Fsp3) is 0.171. The van der Waals surface area contributed by atoms with Gasteiger partial charge in [0.25, 0.3) is 0 Å². The molecule has 0 amide bonds. The largest absolute Gasteiger partial charge is 0.478 e. The van der Waals surface area contributed by atoms with Gasteiger partial charge in [0.2, 0.25) is 0 Å². The zero-order valence-corrected chi connectivity index (χ0v) is 23.1. The minimum atomic E-state index is -0.981. The minimum Gasteiger partial charge on any atom is -0.478 e. The minimum absolute atomic E-state index is 0.0511. The molecule has 0 aliphatic rings. The summed E-state index contributed by atoms with van der Waals surface area (Å²) in [4.78, 5) is 17.8. The Bertz CT molecular complexity index is 1250. The first-order valence-corrected chi connectivity index (χ1v) is 12.6. The number of carboxylic acids is 1. The van der Waals surface area contributed by atoms with Crippen LogP contribution in [0.3, 0.4) is 0 Å². The molecule has 4 rings (SSSR count). The van der Waals surface area contributed by atoms with E-state index in [9.17, 15) is 4.79 Å². The van der Waals surface area contributed by atoms with Gasteiger partial charge in [0, 0.05) is 16.9 Å². The summed E-state index contributed by atoms with van der Waals surface area (Å²) in [6, 6.07) is 38.1. The summed E-state index contributed by atoms with van der Waals surface area (Å²) >= 11 is 0. The number of rotatable bonds is 7. The Morgan fingerprint density at radius 2 is 0.923 bits per heavy atom. The van der Waals surface area contributed by atoms with E-state index >= 15 is 0 Å². The van der Waals surface area contributed by atoms with Crippen molar-refractivity contribution in [1.82, 2.24) is 0 Å². The van der Waals surface area contributed by atoms with Crippen molar-refractivity contribution in [3.63, 3.8) is 0 Å². The van der Waals surface area contributed by atoms with Crippen LogP contribution in [0.25, 0.3) is 0 Å². The number of hydrogen-bond acceptors (Lipinski definition) is 3. The van der Waals surface area contributed by atoms with E-state index in [1.807, 2.05) is 0 Å². The van der Waals surface area contributed by atoms with Gasteiger partial charge in [0.1, 0.15) is 17.4 Å². The molecule has 0 radical (unpaired) electrons. The number of hydrogen-bond donors (Lipinski definition) is 1. The van der Waals surface area contributed by atoms with E-state index in [4.69, 9.17) is 14.6 Å². The lowest BCUT2D eigenvalue weighted by atomic mass is 9.78. The molecule has 1 N–H and O–H groups in total. The van der Waals surface area contributed by atoms with Crippen LogP contribution in [0.4, 0.5) is 0 Å². The van der Waals surface area contributed by atoms with Gasteiger partial charge in [0.05, 0.1) is 0 Å². The second-order valence-electron chi connectivity index (χ2n) is 9.82. The smallest absolute Gasteiger partial charge is 0.327 e. The van der Waals surface area contributed by atoms with Crippen LogP contribution in [-0.2, 0) is 20.4 Å². The Hall–Kier alpha value is -4.66. The molecule has 0 heterocycles. The first kappa shape index (κ1) is 30.6. The lowest BCUT2D eigenvalue weighted by molar-refractivity contribution is -0.131. The van der Waals surface area contributed by atoms with Crippen LogP contribution in [-0.4, -0.2) is 17.0 Å². The molecular formula is C35H36O4. The van der Waals surface area contributed by atoms with Gasteiger partial charge in [-0.3, -0.25) is 0 Å². The summed E-state index contributed by atoms with van der Waals surface area (Å²) in [7, 11) is 0. The van der Waals surface area contributed by atoms with Gasteiger partial charge >= 0.3 is 5.97 Å². The van der Waals surface area contributed by atoms with Gasteiger partial charge in [-0.15, -0.1) is 0 Å². The second kappa shape index (κ2) is 14.3. The third-order valence-corrected chi connectivity index (χ3v) is 6.55. The van der Waals surface area contributed by atoms with Crippen molar-refractivity contribution in [3.8, 4) is 11.5 Å². The maximum Gasteiger partial charge on any atom is 0.327 e. The molecule has 0 atom stereocenters. The normalized spacial score (nSPS) is 10.5. The van der Waals surface area contributed by atoms with Crippen molar-refractivity contribution in [2.75, 3.05) is 0 Å². The van der Waals surface area contributed by atoms with Crippen LogP contribution >= 0.6 is 0 Å². The van der Waals surface area contributed by atoms with Crippen LogP contribution < -0.4 is 4.74 Å². The summed E-state index contributed by atoms with van der Waals surface area (Å²) < 4.78 is 6.13. The third-order valence-electron chi connectivity index (χ3n) is 6.55. The quantitative estimate of drug-likeness (QED) is 0.196. The molecule has 0 saturated heterocycles. The fourth-order valence-electron chi connectivity index (χ4n) is 4.06. The average Bonchev–Trinajstić information content (AvgIpc) is 2.95. The Balaban J connectivity index is 0.000000590. The number of aliphatic carboxylic acids is 1. The summed E-state index contributed by atoms with van der Waals surface area (Å²) in [6.07, 6.45) is 0.833. The predicted molar refractivity (Wildman–Crippen MR) is 159 cm³/mol. The molecule has 4 nitrogen and oxygen atoms in total. The molecule has 0 aliphatic heterocycles. The zero-order valence-electron chi connectivity index (χ0n) is 23.1. The van der Waals surface area contributed by atoms with Gasteiger partial charge < -0.3 is 9.84 Å². The molecule has 0 aliphatic carbocycles. The maximum absolute atomic E-state index is 9.25. The highest BCUT2D eigenvalue weighted by Crippen LogP contribution is 2.35. The van der Waals surface area contributed by atoms with Crippen LogP contribution in [0.1, 0.15) is 49.9 Å². The summed E-state index contributed by atoms with van der Waals surface area (Å²) in [5, 5.41) is 7.60. The highest BCUT2D eigenvalue weighted by atomic mass is 16.5. The first-order valence-electron chi connectivity index (χ1n) is 12.6. The number of carboxylic acid groups (broad SMARTS) is 1. The van der Waals surface area contributed by atoms with Gasteiger partial charge in [-0.2, -0.15) is 0 Å². The molecule has 39 heavy (non-hydrogen) atoms. The summed E-state index contributed by atoms with van der Waals surface area (Å²) in [6.45, 7) is 14.7. The van der Waals surface area contributed by atoms with Gasteiger partial charge in [-0.1, -0.05) is 119 Å². The van der Waals surface area contributed by atoms with E-state index in [0.717, 1.165) is 17.6 Å². The lowest BCUT2D eigenvalue weighted by Gasteiger charge is -2.26. The van der Waals surface area contributed by atoms with Crippen molar-refractivity contribution in [2.45, 2.75) is 38.5 Å². The number of carbonyl (C=O) groups excluding carboxylic acids is 1. The fourth-order valence-corrected chi connectivity index (χ4v) is 4.06. The van der Waals surface area contributed by atoms with E-state index < -0.39 is 5.97 Å². The number of carbonyl (C=O) groups is 1. The van der Waals surface area contributed by atoms with Crippen molar-refractivity contribution in [1.29, 1.82) is 0 Å². The Morgan fingerprint density at radius 1 is 0.667 bits per heavy atom. The van der Waals surface area contributed by atoms with Crippen LogP contribution in [0, 0.1) is 0 Å². The van der Waals surface area contributed by atoms with E-state index in [1.165, 1.54) is 28.2 Å². The van der Waals surface area contributed by atoms with E-state index in [2.05, 4.69) is 150 Å². The van der Waals surface area contributed by atoms with Gasteiger partial charge in [-0.25, -0.2) is 9.59 Å². The Morgan fingerprint density at radius 3 is 1.18 bits per heavy atom. The monoisotopic (exact) mass is 520 g/mol. The molecule has 0 fully saturated rings. The standard InChI is InChI=1S/C30H30O.C3H4O2.C2H2O/c1-29(2,23-11-7-5-8-12-23)25-15-19-27(20-16-25)31-28-21-17-26(18-22-28)30(3,4)24-13-9-6-10-14-24;1-2-3(4)5;1-2-3/h5-22H,1-4H3;2H,1H2,(H,4,5);1H2. The Labute approximate surface area is 231 Å². The topological polar surface area (TPSA) is 63.6 Å². The maximum atomic E-state index is 9.25. The SMILES string of the molecule is C=C=O.C=CC(=O)O.CC(C)(c1ccccc1)c1ccc(Oc2ccc(C(C)(C)c3ccccc3)cc2)cc1. The predicted octanol–water partition coefficient (Wildman–Crippen LogP) is 8.39. The summed E-state index contributed by atoms with van der Waals surface area (Å²) in [5.41, 5.74) is 5.05. The molecular weight excluding hydrogens is 484 g/mol. The molecule has 200 valence electrons. The molecule has 0 saturated carbocycles. The lowest BCUT2D eigenvalue weighted by Crippen LogP contribution is -2.18. The van der Waals surface area contributed by atoms with E-state index in [1.54, 1.807) is 0 Å². The first-order chi connectivity index (χ1) is 18.6. The van der Waals surface area contributed by atoms with Gasteiger partial charge in [0.15, 0.2) is 0 Å². The van der Waals surface area contributed by atoms with Crippen molar-refractivity contribution in [2.24, 2.45) is 0 Å². The molecule has 0 spiro atoms. The molecule has 0 unspecified atom stereocenters. The molecule has 4 aromatic rings. The van der Waals surface area contributed by atoms with Crippen molar-refractivity contribution >= 4 is 11.9 Å². The van der Waals surface area contributed by atoms with E-state index in [-0.39, 0.29) is 10.8 Å². The number of ether oxygens (including phenoxy) is 1. The number of benzene rings is 4. The van der Waals surface area contributed by atoms with Crippen LogP contribution in [0.15, 0.2) is 128 Å². The second-order valence-corrected chi connectivity index (χ2v) is 9.82. The summed E-state index contributed by atoms with van der Waals surface area (Å²) in [5.74, 6) is 1.97.